The zero-order valence-corrected chi connectivity index (χ0v) is 11.7. The number of sulfonamides is 1. The average molecular weight is 332 g/mol. The van der Waals surface area contributed by atoms with Crippen LogP contribution in [0.15, 0.2) is 38.2 Å². The van der Waals surface area contributed by atoms with Crippen LogP contribution >= 0.6 is 15.9 Å². The van der Waals surface area contributed by atoms with E-state index in [0.29, 0.717) is 10.2 Å². The van der Waals surface area contributed by atoms with Crippen molar-refractivity contribution in [1.82, 2.24) is 5.16 Å². The third kappa shape index (κ3) is 2.65. The fraction of sp³-hybridized carbons (Fsp3) is 0.100. The van der Waals surface area contributed by atoms with Gasteiger partial charge < -0.3 is 10.3 Å². The minimum atomic E-state index is -3.78. The molecule has 0 fully saturated rings. The van der Waals surface area contributed by atoms with Gasteiger partial charge in [0.1, 0.15) is 10.7 Å². The van der Waals surface area contributed by atoms with Crippen LogP contribution in [0.1, 0.15) is 5.76 Å². The first-order valence-corrected chi connectivity index (χ1v) is 7.17. The largest absolute Gasteiger partial charge is 0.398 e. The van der Waals surface area contributed by atoms with Crippen LogP contribution in [-0.2, 0) is 10.0 Å². The van der Waals surface area contributed by atoms with Crippen molar-refractivity contribution in [3.05, 3.63) is 34.5 Å². The van der Waals surface area contributed by atoms with Gasteiger partial charge in [0.15, 0.2) is 5.82 Å². The summed E-state index contributed by atoms with van der Waals surface area (Å²) >= 11 is 3.20. The van der Waals surface area contributed by atoms with Crippen molar-refractivity contribution in [3.8, 4) is 0 Å². The Kier molecular flexibility index (Phi) is 3.31. The minimum Gasteiger partial charge on any atom is -0.398 e. The molecular formula is C10H10BrN3O3S. The van der Waals surface area contributed by atoms with Crippen molar-refractivity contribution in [2.45, 2.75) is 11.8 Å². The fourth-order valence-corrected chi connectivity index (χ4v) is 3.00. The topological polar surface area (TPSA) is 98.2 Å². The molecule has 0 radical (unpaired) electrons. The lowest BCUT2D eigenvalue weighted by Gasteiger charge is -2.08. The van der Waals surface area contributed by atoms with Gasteiger partial charge in [-0.15, -0.1) is 0 Å². The minimum absolute atomic E-state index is 0.0162. The molecule has 96 valence electrons. The van der Waals surface area contributed by atoms with E-state index in [1.54, 1.807) is 13.0 Å². The number of nitrogens with one attached hydrogen (secondary N) is 1. The van der Waals surface area contributed by atoms with Gasteiger partial charge in [0.05, 0.1) is 5.69 Å². The monoisotopic (exact) mass is 331 g/mol. The van der Waals surface area contributed by atoms with Crippen molar-refractivity contribution in [1.29, 1.82) is 0 Å². The van der Waals surface area contributed by atoms with Gasteiger partial charge in [0.2, 0.25) is 0 Å². The number of hydrogen-bond donors (Lipinski definition) is 2. The third-order valence-corrected chi connectivity index (χ3v) is 4.04. The average Bonchev–Trinajstić information content (AvgIpc) is 2.66. The zero-order chi connectivity index (χ0) is 13.3. The van der Waals surface area contributed by atoms with E-state index in [1.165, 1.54) is 18.2 Å². The number of nitrogens with zero attached hydrogens (tertiary/aromatic N) is 1. The van der Waals surface area contributed by atoms with E-state index in [4.69, 9.17) is 10.3 Å². The Hall–Kier alpha value is -1.54. The Bertz CT molecular complexity index is 681. The Morgan fingerprint density at radius 1 is 1.39 bits per heavy atom. The van der Waals surface area contributed by atoms with Crippen LogP contribution < -0.4 is 10.5 Å². The van der Waals surface area contributed by atoms with Gasteiger partial charge in [-0.3, -0.25) is 4.72 Å². The molecule has 0 spiro atoms. The molecular weight excluding hydrogens is 322 g/mol. The molecule has 0 saturated heterocycles. The maximum absolute atomic E-state index is 12.1. The van der Waals surface area contributed by atoms with Crippen molar-refractivity contribution in [2.75, 3.05) is 10.5 Å². The molecule has 1 aromatic heterocycles. The summed E-state index contributed by atoms with van der Waals surface area (Å²) in [5, 5.41) is 3.56. The number of halogens is 1. The maximum atomic E-state index is 12.1. The summed E-state index contributed by atoms with van der Waals surface area (Å²) in [6.07, 6.45) is 0. The van der Waals surface area contributed by atoms with Gasteiger partial charge in [-0.2, -0.15) is 0 Å². The lowest BCUT2D eigenvalue weighted by molar-refractivity contribution is 0.400. The molecule has 1 heterocycles. The first-order chi connectivity index (χ1) is 8.38. The van der Waals surface area contributed by atoms with Crippen molar-refractivity contribution >= 4 is 37.5 Å². The van der Waals surface area contributed by atoms with Crippen LogP contribution in [0.25, 0.3) is 0 Å². The number of rotatable bonds is 3. The summed E-state index contributed by atoms with van der Waals surface area (Å²) in [6, 6.07) is 6.07. The molecule has 2 rings (SSSR count). The standard InChI is InChI=1S/C10H10BrN3O3S/c1-6-4-10(13-17-6)14-18(15,16)9-5-7(11)2-3-8(9)12/h2-5H,12H2,1H3,(H,13,14). The Balaban J connectivity index is 2.39. The van der Waals surface area contributed by atoms with E-state index in [1.807, 2.05) is 0 Å². The van der Waals surface area contributed by atoms with E-state index in [2.05, 4.69) is 25.8 Å². The summed E-state index contributed by atoms with van der Waals surface area (Å²) in [6.45, 7) is 1.66. The molecule has 18 heavy (non-hydrogen) atoms. The molecule has 6 nitrogen and oxygen atoms in total. The predicted octanol–water partition coefficient (Wildman–Crippen LogP) is 2.13. The highest BCUT2D eigenvalue weighted by atomic mass is 79.9. The quantitative estimate of drug-likeness (QED) is 0.839. The summed E-state index contributed by atoms with van der Waals surface area (Å²) in [5.74, 6) is 0.627. The second kappa shape index (κ2) is 4.62. The predicted molar refractivity (Wildman–Crippen MR) is 70.6 cm³/mol. The second-order valence-corrected chi connectivity index (χ2v) is 6.18. The van der Waals surface area contributed by atoms with Gasteiger partial charge in [0.25, 0.3) is 10.0 Å². The highest BCUT2D eigenvalue weighted by molar-refractivity contribution is 9.10. The Morgan fingerprint density at radius 3 is 2.72 bits per heavy atom. The molecule has 0 saturated carbocycles. The molecule has 0 atom stereocenters. The van der Waals surface area contributed by atoms with Crippen molar-refractivity contribution in [3.63, 3.8) is 0 Å². The molecule has 1 aromatic carbocycles. The molecule has 8 heteroatoms. The smallest absolute Gasteiger partial charge is 0.265 e. The van der Waals surface area contributed by atoms with Crippen LogP contribution in [0.5, 0.6) is 0 Å². The van der Waals surface area contributed by atoms with Gasteiger partial charge in [0, 0.05) is 10.5 Å². The number of aryl methyl sites for hydroxylation is 1. The molecule has 0 bridgehead atoms. The summed E-state index contributed by atoms with van der Waals surface area (Å²) in [7, 11) is -3.78. The number of nitrogens with two attached hydrogens (primary N) is 1. The number of anilines is 2. The molecule has 0 aliphatic carbocycles. The lowest BCUT2D eigenvalue weighted by atomic mass is 10.3. The SMILES string of the molecule is Cc1cc(NS(=O)(=O)c2cc(Br)ccc2N)no1. The summed E-state index contributed by atoms with van der Waals surface area (Å²) < 4.78 is 31.9. The van der Waals surface area contributed by atoms with E-state index in [-0.39, 0.29) is 16.4 Å². The Morgan fingerprint density at radius 2 is 2.11 bits per heavy atom. The fourth-order valence-electron chi connectivity index (χ4n) is 1.35. The highest BCUT2D eigenvalue weighted by Crippen LogP contribution is 2.24. The number of nitrogen functional groups attached to an aromatic ring is 1. The van der Waals surface area contributed by atoms with Crippen LogP contribution in [0.3, 0.4) is 0 Å². The van der Waals surface area contributed by atoms with E-state index in [0.717, 1.165) is 0 Å². The normalized spacial score (nSPS) is 11.4. The van der Waals surface area contributed by atoms with Gasteiger partial charge in [-0.05, 0) is 25.1 Å². The first-order valence-electron chi connectivity index (χ1n) is 4.89. The number of aromatic nitrogens is 1. The molecule has 2 aromatic rings. The molecule has 0 aliphatic heterocycles. The maximum Gasteiger partial charge on any atom is 0.265 e. The van der Waals surface area contributed by atoms with Crippen LogP contribution in [-0.4, -0.2) is 13.6 Å². The Labute approximate surface area is 112 Å². The summed E-state index contributed by atoms with van der Waals surface area (Å²) in [4.78, 5) is -0.0162. The molecule has 3 N–H and O–H groups in total. The van der Waals surface area contributed by atoms with E-state index >= 15 is 0 Å². The number of benzene rings is 1. The van der Waals surface area contributed by atoms with Gasteiger partial charge in [-0.1, -0.05) is 21.1 Å². The second-order valence-electron chi connectivity index (χ2n) is 3.61. The molecule has 0 unspecified atom stereocenters. The zero-order valence-electron chi connectivity index (χ0n) is 9.34. The molecule has 0 amide bonds. The third-order valence-electron chi connectivity index (χ3n) is 2.13. The van der Waals surface area contributed by atoms with Gasteiger partial charge >= 0.3 is 0 Å². The van der Waals surface area contributed by atoms with Crippen molar-refractivity contribution in [2.24, 2.45) is 0 Å². The van der Waals surface area contributed by atoms with Gasteiger partial charge in [-0.25, -0.2) is 8.42 Å². The highest BCUT2D eigenvalue weighted by Gasteiger charge is 2.19. The van der Waals surface area contributed by atoms with Crippen molar-refractivity contribution < 1.29 is 12.9 Å². The number of hydrogen-bond acceptors (Lipinski definition) is 5. The summed E-state index contributed by atoms with van der Waals surface area (Å²) in [5.41, 5.74) is 5.81. The molecule has 0 aliphatic rings. The van der Waals surface area contributed by atoms with Crippen LogP contribution in [0.2, 0.25) is 0 Å². The first kappa shape index (κ1) is 12.9. The van der Waals surface area contributed by atoms with Crippen LogP contribution in [0.4, 0.5) is 11.5 Å². The van der Waals surface area contributed by atoms with Crippen LogP contribution in [0, 0.1) is 6.92 Å². The lowest BCUT2D eigenvalue weighted by Crippen LogP contribution is -2.15. The van der Waals surface area contributed by atoms with E-state index < -0.39 is 10.0 Å². The van der Waals surface area contributed by atoms with E-state index in [9.17, 15) is 8.42 Å².